The molecule has 4 heteroatoms. The molecule has 2 aromatic rings. The SMILES string of the molecule is OCN1CCN(c2cccc3sccc23)CC1. The van der Waals surface area contributed by atoms with Crippen molar-refractivity contribution in [2.24, 2.45) is 0 Å². The Bertz CT molecular complexity index is 503. The maximum atomic E-state index is 9.10. The normalized spacial score (nSPS) is 17.8. The lowest BCUT2D eigenvalue weighted by atomic mass is 10.2. The average molecular weight is 248 g/mol. The Balaban J connectivity index is 1.87. The molecule has 0 bridgehead atoms. The maximum Gasteiger partial charge on any atom is 0.0957 e. The second-order valence-electron chi connectivity index (χ2n) is 4.36. The molecule has 1 N–H and O–H groups in total. The van der Waals surface area contributed by atoms with Crippen LogP contribution in [0.4, 0.5) is 5.69 Å². The molecule has 0 aliphatic carbocycles. The van der Waals surface area contributed by atoms with Crippen molar-refractivity contribution in [3.05, 3.63) is 29.6 Å². The lowest BCUT2D eigenvalue weighted by molar-refractivity contribution is 0.102. The first-order chi connectivity index (χ1) is 8.38. The van der Waals surface area contributed by atoms with Gasteiger partial charge in [0.25, 0.3) is 0 Å². The predicted molar refractivity (Wildman–Crippen MR) is 72.7 cm³/mol. The molecule has 3 rings (SSSR count). The van der Waals surface area contributed by atoms with Crippen molar-refractivity contribution in [3.63, 3.8) is 0 Å². The van der Waals surface area contributed by atoms with E-state index < -0.39 is 0 Å². The third-order valence-electron chi connectivity index (χ3n) is 3.39. The molecule has 17 heavy (non-hydrogen) atoms. The van der Waals surface area contributed by atoms with E-state index in [9.17, 15) is 0 Å². The molecule has 1 fully saturated rings. The maximum absolute atomic E-state index is 9.10. The summed E-state index contributed by atoms with van der Waals surface area (Å²) in [6, 6.07) is 8.71. The zero-order valence-electron chi connectivity index (χ0n) is 9.67. The van der Waals surface area contributed by atoms with Crippen molar-refractivity contribution < 1.29 is 5.11 Å². The highest BCUT2D eigenvalue weighted by molar-refractivity contribution is 7.17. The van der Waals surface area contributed by atoms with Gasteiger partial charge in [-0.05, 0) is 23.6 Å². The smallest absolute Gasteiger partial charge is 0.0957 e. The van der Waals surface area contributed by atoms with Gasteiger partial charge in [0.2, 0.25) is 0 Å². The number of aliphatic hydroxyl groups excluding tert-OH is 1. The fraction of sp³-hybridized carbons (Fsp3) is 0.385. The van der Waals surface area contributed by atoms with Crippen LogP contribution in [0, 0.1) is 0 Å². The Kier molecular flexibility index (Phi) is 3.01. The van der Waals surface area contributed by atoms with E-state index in [4.69, 9.17) is 5.11 Å². The van der Waals surface area contributed by atoms with E-state index in [0.717, 1.165) is 26.2 Å². The Morgan fingerprint density at radius 2 is 1.94 bits per heavy atom. The van der Waals surface area contributed by atoms with Crippen LogP contribution >= 0.6 is 11.3 Å². The van der Waals surface area contributed by atoms with Gasteiger partial charge in [0.05, 0.1) is 6.73 Å². The summed E-state index contributed by atoms with van der Waals surface area (Å²) in [5, 5.41) is 12.6. The zero-order valence-corrected chi connectivity index (χ0v) is 10.5. The van der Waals surface area contributed by atoms with Crippen molar-refractivity contribution in [1.29, 1.82) is 0 Å². The molecule has 3 nitrogen and oxygen atoms in total. The Morgan fingerprint density at radius 1 is 1.12 bits per heavy atom. The van der Waals surface area contributed by atoms with Gasteiger partial charge in [-0.2, -0.15) is 0 Å². The highest BCUT2D eigenvalue weighted by Crippen LogP contribution is 2.30. The molecule has 90 valence electrons. The second kappa shape index (κ2) is 4.64. The van der Waals surface area contributed by atoms with Gasteiger partial charge in [0.1, 0.15) is 0 Å². The van der Waals surface area contributed by atoms with Gasteiger partial charge in [-0.1, -0.05) is 6.07 Å². The van der Waals surface area contributed by atoms with Crippen LogP contribution in [0.1, 0.15) is 0 Å². The number of anilines is 1. The number of nitrogens with zero attached hydrogens (tertiary/aromatic N) is 2. The van der Waals surface area contributed by atoms with E-state index in [0.29, 0.717) is 0 Å². The summed E-state index contributed by atoms with van der Waals surface area (Å²) in [5.74, 6) is 0. The highest BCUT2D eigenvalue weighted by Gasteiger charge is 2.17. The molecular weight excluding hydrogens is 232 g/mol. The largest absolute Gasteiger partial charge is 0.381 e. The quantitative estimate of drug-likeness (QED) is 0.880. The van der Waals surface area contributed by atoms with Crippen molar-refractivity contribution in [1.82, 2.24) is 4.90 Å². The number of hydrogen-bond donors (Lipinski definition) is 1. The van der Waals surface area contributed by atoms with E-state index in [1.54, 1.807) is 11.3 Å². The minimum atomic E-state index is 0.177. The fourth-order valence-corrected chi connectivity index (χ4v) is 3.19. The summed E-state index contributed by atoms with van der Waals surface area (Å²) in [4.78, 5) is 4.49. The molecule has 0 atom stereocenters. The molecule has 0 radical (unpaired) electrons. The van der Waals surface area contributed by atoms with Crippen LogP contribution in [0.25, 0.3) is 10.1 Å². The van der Waals surface area contributed by atoms with Gasteiger partial charge in [-0.15, -0.1) is 11.3 Å². The van der Waals surface area contributed by atoms with Crippen molar-refractivity contribution >= 4 is 27.1 Å². The zero-order chi connectivity index (χ0) is 11.7. The monoisotopic (exact) mass is 248 g/mol. The predicted octanol–water partition coefficient (Wildman–Crippen LogP) is 1.97. The van der Waals surface area contributed by atoms with Crippen LogP contribution < -0.4 is 4.90 Å². The van der Waals surface area contributed by atoms with Crippen LogP contribution in [0.5, 0.6) is 0 Å². The topological polar surface area (TPSA) is 26.7 Å². The number of hydrogen-bond acceptors (Lipinski definition) is 4. The number of thiophene rings is 1. The molecule has 1 aliphatic rings. The number of fused-ring (bicyclic) bond motifs is 1. The molecule has 1 aliphatic heterocycles. The second-order valence-corrected chi connectivity index (χ2v) is 5.30. The van der Waals surface area contributed by atoms with Crippen LogP contribution in [0.2, 0.25) is 0 Å². The Morgan fingerprint density at radius 3 is 2.71 bits per heavy atom. The van der Waals surface area contributed by atoms with Gasteiger partial charge in [0, 0.05) is 42.0 Å². The first-order valence-electron chi connectivity index (χ1n) is 5.93. The van der Waals surface area contributed by atoms with Gasteiger partial charge >= 0.3 is 0 Å². The summed E-state index contributed by atoms with van der Waals surface area (Å²) in [7, 11) is 0. The molecule has 0 spiro atoms. The lowest BCUT2D eigenvalue weighted by Crippen LogP contribution is -2.46. The van der Waals surface area contributed by atoms with E-state index >= 15 is 0 Å². The number of rotatable bonds is 2. The van der Waals surface area contributed by atoms with Crippen LogP contribution in [-0.2, 0) is 0 Å². The minimum absolute atomic E-state index is 0.177. The van der Waals surface area contributed by atoms with E-state index in [-0.39, 0.29) is 6.73 Å². The molecule has 1 saturated heterocycles. The highest BCUT2D eigenvalue weighted by atomic mass is 32.1. The molecule has 0 amide bonds. The third-order valence-corrected chi connectivity index (χ3v) is 4.27. The van der Waals surface area contributed by atoms with Gasteiger partial charge < -0.3 is 10.0 Å². The van der Waals surface area contributed by atoms with E-state index in [2.05, 4.69) is 39.4 Å². The number of benzene rings is 1. The third kappa shape index (κ3) is 2.04. The molecule has 0 saturated carbocycles. The fourth-order valence-electron chi connectivity index (χ4n) is 2.38. The first-order valence-corrected chi connectivity index (χ1v) is 6.81. The molecular formula is C13H16N2OS. The molecule has 0 unspecified atom stereocenters. The molecule has 1 aromatic heterocycles. The summed E-state index contributed by atoms with van der Waals surface area (Å²) >= 11 is 1.79. The average Bonchev–Trinajstić information content (AvgIpc) is 2.87. The van der Waals surface area contributed by atoms with E-state index in [1.807, 2.05) is 0 Å². The molecule has 2 heterocycles. The standard InChI is InChI=1S/C13H16N2OS/c16-10-14-5-7-15(8-6-14)12-2-1-3-13-11(12)4-9-17-13/h1-4,9,16H,5-8,10H2. The van der Waals surface area contributed by atoms with Crippen LogP contribution in [0.3, 0.4) is 0 Å². The summed E-state index contributed by atoms with van der Waals surface area (Å²) in [6.07, 6.45) is 0. The summed E-state index contributed by atoms with van der Waals surface area (Å²) in [5.41, 5.74) is 1.33. The lowest BCUT2D eigenvalue weighted by Gasteiger charge is -2.35. The Labute approximate surface area is 105 Å². The summed E-state index contributed by atoms with van der Waals surface area (Å²) < 4.78 is 1.35. The first kappa shape index (κ1) is 11.0. The van der Waals surface area contributed by atoms with Crippen molar-refractivity contribution in [2.75, 3.05) is 37.8 Å². The minimum Gasteiger partial charge on any atom is -0.381 e. The summed E-state index contributed by atoms with van der Waals surface area (Å²) in [6.45, 7) is 4.05. The van der Waals surface area contributed by atoms with Gasteiger partial charge in [-0.25, -0.2) is 0 Å². The van der Waals surface area contributed by atoms with Crippen LogP contribution in [0.15, 0.2) is 29.6 Å². The van der Waals surface area contributed by atoms with Crippen molar-refractivity contribution in [2.45, 2.75) is 0 Å². The number of aliphatic hydroxyl groups is 1. The van der Waals surface area contributed by atoms with E-state index in [1.165, 1.54) is 15.8 Å². The van der Waals surface area contributed by atoms with Crippen molar-refractivity contribution in [3.8, 4) is 0 Å². The van der Waals surface area contributed by atoms with Crippen LogP contribution in [-0.4, -0.2) is 42.9 Å². The van der Waals surface area contributed by atoms with Gasteiger partial charge in [0.15, 0.2) is 0 Å². The Hall–Kier alpha value is -1.10. The van der Waals surface area contributed by atoms with Gasteiger partial charge in [-0.3, -0.25) is 4.90 Å². The number of piperazine rings is 1. The molecule has 1 aromatic carbocycles.